The van der Waals surface area contributed by atoms with Crippen LogP contribution in [0, 0.1) is 0 Å². The van der Waals surface area contributed by atoms with Gasteiger partial charge in [-0.25, -0.2) is 0 Å². The third-order valence-electron chi connectivity index (χ3n) is 3.85. The van der Waals surface area contributed by atoms with E-state index < -0.39 is 0 Å². The summed E-state index contributed by atoms with van der Waals surface area (Å²) in [5.74, 6) is 0.628. The van der Waals surface area contributed by atoms with Crippen molar-refractivity contribution in [1.29, 1.82) is 0 Å². The minimum Gasteiger partial charge on any atom is -0.351 e. The lowest BCUT2D eigenvalue weighted by atomic mass is 10.1. The van der Waals surface area contributed by atoms with E-state index in [9.17, 15) is 4.79 Å². The second kappa shape index (κ2) is 8.41. The molecule has 4 nitrogen and oxygen atoms in total. The molecule has 7 heteroatoms. The number of nitrogens with two attached hydrogens (primary N) is 1. The fourth-order valence-electron chi connectivity index (χ4n) is 2.69. The van der Waals surface area contributed by atoms with Crippen molar-refractivity contribution < 1.29 is 4.79 Å². The van der Waals surface area contributed by atoms with Gasteiger partial charge in [0.25, 0.3) is 0 Å². The molecule has 1 aromatic rings. The van der Waals surface area contributed by atoms with Gasteiger partial charge in [-0.05, 0) is 31.0 Å². The average Bonchev–Trinajstić information content (AvgIpc) is 2.96. The molecule has 1 unspecified atom stereocenters. The van der Waals surface area contributed by atoms with Crippen LogP contribution >= 0.6 is 35.8 Å². The molecule has 1 aliphatic heterocycles. The molecule has 1 amide bonds. The second-order valence-corrected chi connectivity index (χ2v) is 6.68. The van der Waals surface area contributed by atoms with Crippen LogP contribution < -0.4 is 11.1 Å². The molecule has 1 heterocycles. The monoisotopic (exact) mass is 361 g/mol. The first-order valence-corrected chi connectivity index (χ1v) is 8.73. The number of hydrogen-bond donors (Lipinski definition) is 3. The quantitative estimate of drug-likeness (QED) is 0.681. The van der Waals surface area contributed by atoms with Gasteiger partial charge in [0.05, 0.1) is 16.1 Å². The van der Waals surface area contributed by atoms with Gasteiger partial charge in [-0.2, -0.15) is 12.6 Å². The Balaban J connectivity index is 1.92. The number of nitrogens with one attached hydrogen (secondary N) is 1. The molecule has 0 aromatic heterocycles. The van der Waals surface area contributed by atoms with Crippen molar-refractivity contribution in [2.75, 3.05) is 18.8 Å². The van der Waals surface area contributed by atoms with E-state index >= 15 is 0 Å². The van der Waals surface area contributed by atoms with Gasteiger partial charge in [0.1, 0.15) is 0 Å². The molecule has 1 aliphatic rings. The molecular weight excluding hydrogens is 341 g/mol. The average molecular weight is 362 g/mol. The topological polar surface area (TPSA) is 58.4 Å². The third kappa shape index (κ3) is 4.52. The number of rotatable bonds is 6. The summed E-state index contributed by atoms with van der Waals surface area (Å²) in [4.78, 5) is 14.5. The largest absolute Gasteiger partial charge is 0.351 e. The number of halogens is 2. The fourth-order valence-corrected chi connectivity index (χ4v) is 3.19. The molecule has 0 saturated carbocycles. The van der Waals surface area contributed by atoms with E-state index in [0.29, 0.717) is 28.9 Å². The summed E-state index contributed by atoms with van der Waals surface area (Å²) in [6.07, 6.45) is 1.86. The Kier molecular flexibility index (Phi) is 6.84. The molecule has 0 aliphatic carbocycles. The molecule has 2 rings (SSSR count). The number of amides is 1. The Hall–Kier alpha value is -0.460. The Morgan fingerprint density at radius 1 is 1.50 bits per heavy atom. The van der Waals surface area contributed by atoms with Crippen LogP contribution in [-0.2, 0) is 11.3 Å². The smallest absolute Gasteiger partial charge is 0.237 e. The van der Waals surface area contributed by atoms with E-state index in [1.165, 1.54) is 0 Å². The second-order valence-electron chi connectivity index (χ2n) is 5.53. The summed E-state index contributed by atoms with van der Waals surface area (Å²) in [6, 6.07) is 5.27. The highest BCUT2D eigenvalue weighted by Gasteiger charge is 2.31. The third-order valence-corrected chi connectivity index (χ3v) is 5.18. The molecule has 3 N–H and O–H groups in total. The number of carbonyl (C=O) groups is 1. The van der Waals surface area contributed by atoms with Crippen molar-refractivity contribution in [3.63, 3.8) is 0 Å². The van der Waals surface area contributed by atoms with Gasteiger partial charge in [0.15, 0.2) is 0 Å². The normalized spacial score (nSPS) is 20.1. The summed E-state index contributed by atoms with van der Waals surface area (Å²) in [5, 5.41) is 3.93. The number of carbonyl (C=O) groups excluding carboxylic acids is 1. The van der Waals surface area contributed by atoms with Crippen molar-refractivity contribution in [3.05, 3.63) is 33.8 Å². The Bertz CT molecular complexity index is 530. The molecule has 122 valence electrons. The van der Waals surface area contributed by atoms with Gasteiger partial charge in [-0.3, -0.25) is 9.69 Å². The van der Waals surface area contributed by atoms with E-state index in [0.717, 1.165) is 24.9 Å². The Morgan fingerprint density at radius 2 is 2.27 bits per heavy atom. The number of thiol groups is 1. The van der Waals surface area contributed by atoms with E-state index in [1.54, 1.807) is 6.07 Å². The van der Waals surface area contributed by atoms with E-state index in [-0.39, 0.29) is 18.0 Å². The fraction of sp³-hybridized carbons (Fsp3) is 0.533. The van der Waals surface area contributed by atoms with Gasteiger partial charge >= 0.3 is 0 Å². The molecule has 1 saturated heterocycles. The van der Waals surface area contributed by atoms with Crippen LogP contribution in [0.2, 0.25) is 10.0 Å². The van der Waals surface area contributed by atoms with Crippen molar-refractivity contribution in [1.82, 2.24) is 10.2 Å². The number of benzene rings is 1. The van der Waals surface area contributed by atoms with Crippen molar-refractivity contribution in [2.24, 2.45) is 5.73 Å². The summed E-state index contributed by atoms with van der Waals surface area (Å²) in [7, 11) is 0. The van der Waals surface area contributed by atoms with Crippen LogP contribution in [0.15, 0.2) is 18.2 Å². The van der Waals surface area contributed by atoms with Gasteiger partial charge in [-0.1, -0.05) is 35.3 Å². The molecule has 0 radical (unpaired) electrons. The predicted molar refractivity (Wildman–Crippen MR) is 94.7 cm³/mol. The van der Waals surface area contributed by atoms with Crippen LogP contribution in [0.1, 0.15) is 18.4 Å². The zero-order valence-electron chi connectivity index (χ0n) is 12.3. The lowest BCUT2D eigenvalue weighted by Gasteiger charge is -2.26. The van der Waals surface area contributed by atoms with E-state index in [4.69, 9.17) is 28.9 Å². The highest BCUT2D eigenvalue weighted by molar-refractivity contribution is 7.80. The van der Waals surface area contributed by atoms with Crippen LogP contribution in [0.4, 0.5) is 0 Å². The molecule has 1 fully saturated rings. The lowest BCUT2D eigenvalue weighted by molar-refractivity contribution is -0.125. The predicted octanol–water partition coefficient (Wildman–Crippen LogP) is 2.33. The molecular formula is C15H21Cl2N3OS. The highest BCUT2D eigenvalue weighted by Crippen LogP contribution is 2.25. The number of hydrogen-bond acceptors (Lipinski definition) is 4. The van der Waals surface area contributed by atoms with Crippen LogP contribution in [-0.4, -0.2) is 41.7 Å². The van der Waals surface area contributed by atoms with Crippen LogP contribution in [0.5, 0.6) is 0 Å². The molecule has 2 atom stereocenters. The van der Waals surface area contributed by atoms with Crippen molar-refractivity contribution >= 4 is 41.7 Å². The first-order chi connectivity index (χ1) is 10.5. The van der Waals surface area contributed by atoms with Crippen LogP contribution in [0.25, 0.3) is 0 Å². The van der Waals surface area contributed by atoms with Gasteiger partial charge < -0.3 is 11.1 Å². The molecule has 22 heavy (non-hydrogen) atoms. The van der Waals surface area contributed by atoms with E-state index in [2.05, 4.69) is 22.8 Å². The Morgan fingerprint density at radius 3 is 3.00 bits per heavy atom. The van der Waals surface area contributed by atoms with Crippen molar-refractivity contribution in [2.45, 2.75) is 31.5 Å². The summed E-state index contributed by atoms with van der Waals surface area (Å²) in [5.41, 5.74) is 6.75. The van der Waals surface area contributed by atoms with Gasteiger partial charge in [0.2, 0.25) is 5.91 Å². The maximum Gasteiger partial charge on any atom is 0.237 e. The van der Waals surface area contributed by atoms with Gasteiger partial charge in [-0.15, -0.1) is 0 Å². The maximum atomic E-state index is 12.4. The lowest BCUT2D eigenvalue weighted by Crippen LogP contribution is -2.47. The molecule has 0 bridgehead atoms. The first-order valence-electron chi connectivity index (χ1n) is 7.34. The number of nitrogens with zero attached hydrogens (tertiary/aromatic N) is 1. The number of likely N-dealkylation sites (tertiary alicyclic amines) is 1. The maximum absolute atomic E-state index is 12.4. The highest BCUT2D eigenvalue weighted by atomic mass is 35.5. The molecule has 1 aromatic carbocycles. The Labute approximate surface area is 146 Å². The summed E-state index contributed by atoms with van der Waals surface area (Å²) in [6.45, 7) is 1.97. The molecule has 0 spiro atoms. The minimum absolute atomic E-state index is 0.0138. The minimum atomic E-state index is -0.121. The SMILES string of the molecule is NC(CS)CN1CCC[C@H]1C(=O)NCc1cccc(Cl)c1Cl. The zero-order chi connectivity index (χ0) is 16.1. The first kappa shape index (κ1) is 17.9. The summed E-state index contributed by atoms with van der Waals surface area (Å²) >= 11 is 16.3. The van der Waals surface area contributed by atoms with Crippen LogP contribution in [0.3, 0.4) is 0 Å². The van der Waals surface area contributed by atoms with E-state index in [1.807, 2.05) is 12.1 Å². The van der Waals surface area contributed by atoms with Crippen molar-refractivity contribution in [3.8, 4) is 0 Å². The standard InChI is InChI=1S/C15H21Cl2N3OS/c16-12-4-1-3-10(14(12)17)7-19-15(21)13-5-2-6-20(13)8-11(18)9-22/h1,3-4,11,13,22H,2,5-9,18H2,(H,19,21)/t11?,13-/m0/s1. The zero-order valence-corrected chi connectivity index (χ0v) is 14.7. The van der Waals surface area contributed by atoms with Gasteiger partial charge in [0, 0.05) is 24.9 Å². The summed E-state index contributed by atoms with van der Waals surface area (Å²) < 4.78 is 0.